The van der Waals surface area contributed by atoms with Crippen molar-refractivity contribution in [3.8, 4) is 17.1 Å². The van der Waals surface area contributed by atoms with Gasteiger partial charge in [0.25, 0.3) is 0 Å². The van der Waals surface area contributed by atoms with Crippen molar-refractivity contribution in [1.82, 2.24) is 15.2 Å². The van der Waals surface area contributed by atoms with Crippen molar-refractivity contribution < 1.29 is 4.74 Å². The van der Waals surface area contributed by atoms with E-state index in [1.54, 1.807) is 13.2 Å². The fourth-order valence-corrected chi connectivity index (χ4v) is 2.37. The molecule has 0 spiro atoms. The first-order valence-corrected chi connectivity index (χ1v) is 7.13. The number of benzene rings is 2. The normalized spacial score (nSPS) is 12.1. The molecule has 1 aromatic heterocycles. The molecule has 0 unspecified atom stereocenters. The van der Waals surface area contributed by atoms with Crippen molar-refractivity contribution in [3.63, 3.8) is 0 Å². The smallest absolute Gasteiger partial charge is 0.182 e. The van der Waals surface area contributed by atoms with Gasteiger partial charge < -0.3 is 10.5 Å². The van der Waals surface area contributed by atoms with Crippen LogP contribution in [-0.4, -0.2) is 22.3 Å². The van der Waals surface area contributed by atoms with Gasteiger partial charge >= 0.3 is 0 Å². The van der Waals surface area contributed by atoms with Crippen LogP contribution in [0.2, 0.25) is 5.02 Å². The van der Waals surface area contributed by atoms with Gasteiger partial charge in [-0.15, -0.1) is 0 Å². The highest BCUT2D eigenvalue weighted by molar-refractivity contribution is 6.33. The topological polar surface area (TPSA) is 76.8 Å². The summed E-state index contributed by atoms with van der Waals surface area (Å²) in [7, 11) is 1.63. The minimum atomic E-state index is -0.394. The Kier molecular flexibility index (Phi) is 4.09. The molecule has 6 heteroatoms. The van der Waals surface area contributed by atoms with Crippen LogP contribution in [0.3, 0.4) is 0 Å². The zero-order chi connectivity index (χ0) is 15.5. The van der Waals surface area contributed by atoms with E-state index >= 15 is 0 Å². The van der Waals surface area contributed by atoms with E-state index in [-0.39, 0.29) is 0 Å². The van der Waals surface area contributed by atoms with Crippen LogP contribution in [0, 0.1) is 0 Å². The van der Waals surface area contributed by atoms with E-state index in [4.69, 9.17) is 22.1 Å². The summed E-state index contributed by atoms with van der Waals surface area (Å²) in [6, 6.07) is 14.6. The van der Waals surface area contributed by atoms with Crippen LogP contribution < -0.4 is 10.5 Å². The van der Waals surface area contributed by atoms with Gasteiger partial charge in [0.2, 0.25) is 0 Å². The molecule has 0 amide bonds. The molecule has 0 aliphatic heterocycles. The standard InChI is InChI=1S/C16H15ClN4O/c1-22-11-8-6-10(7-9-11)14(18)16-19-15(20-21-16)12-4-2-3-5-13(12)17/h2-9,14H,18H2,1H3,(H,19,20,21)/t14-/m0/s1. The van der Waals surface area contributed by atoms with Crippen molar-refractivity contribution in [3.05, 3.63) is 64.9 Å². The maximum Gasteiger partial charge on any atom is 0.182 e. The predicted molar refractivity (Wildman–Crippen MR) is 85.9 cm³/mol. The molecule has 3 rings (SSSR count). The average Bonchev–Trinajstić information content (AvgIpc) is 3.04. The summed E-state index contributed by atoms with van der Waals surface area (Å²) in [5, 5.41) is 7.69. The molecule has 1 heterocycles. The molecule has 3 N–H and O–H groups in total. The lowest BCUT2D eigenvalue weighted by atomic mass is 10.1. The first-order chi connectivity index (χ1) is 10.7. The van der Waals surface area contributed by atoms with Crippen LogP contribution in [-0.2, 0) is 0 Å². The maximum atomic E-state index is 6.23. The van der Waals surface area contributed by atoms with E-state index in [1.807, 2.05) is 42.5 Å². The number of H-pyrrole nitrogens is 1. The number of aromatic amines is 1. The number of hydrogen-bond donors (Lipinski definition) is 2. The SMILES string of the molecule is COc1ccc([C@H](N)c2nc(-c3ccccc3Cl)n[nH]2)cc1. The molecule has 0 aliphatic carbocycles. The quantitative estimate of drug-likeness (QED) is 0.775. The van der Waals surface area contributed by atoms with Crippen LogP contribution in [0.25, 0.3) is 11.4 Å². The van der Waals surface area contributed by atoms with Crippen molar-refractivity contribution >= 4 is 11.6 Å². The zero-order valence-corrected chi connectivity index (χ0v) is 12.7. The van der Waals surface area contributed by atoms with Crippen molar-refractivity contribution in [2.45, 2.75) is 6.04 Å². The fraction of sp³-hybridized carbons (Fsp3) is 0.125. The highest BCUT2D eigenvalue weighted by Crippen LogP contribution is 2.26. The predicted octanol–water partition coefficient (Wildman–Crippen LogP) is 3.18. The molecule has 0 fully saturated rings. The fourth-order valence-electron chi connectivity index (χ4n) is 2.15. The Hall–Kier alpha value is -2.37. The van der Waals surface area contributed by atoms with Crippen LogP contribution in [0.4, 0.5) is 0 Å². The summed E-state index contributed by atoms with van der Waals surface area (Å²) in [6.45, 7) is 0. The number of nitrogens with one attached hydrogen (secondary N) is 1. The summed E-state index contributed by atoms with van der Waals surface area (Å²) in [6.07, 6.45) is 0. The van der Waals surface area contributed by atoms with E-state index in [0.29, 0.717) is 16.7 Å². The second kappa shape index (κ2) is 6.17. The maximum absolute atomic E-state index is 6.23. The Morgan fingerprint density at radius 1 is 1.14 bits per heavy atom. The van der Waals surface area contributed by atoms with Crippen molar-refractivity contribution in [1.29, 1.82) is 0 Å². The molecule has 3 aromatic rings. The Labute approximate surface area is 133 Å². The summed E-state index contributed by atoms with van der Waals surface area (Å²) in [5.41, 5.74) is 7.92. The Bertz CT molecular complexity index is 770. The Morgan fingerprint density at radius 3 is 2.55 bits per heavy atom. The third kappa shape index (κ3) is 2.81. The summed E-state index contributed by atoms with van der Waals surface area (Å²) in [5.74, 6) is 1.90. The van der Waals surface area contributed by atoms with E-state index in [1.165, 1.54) is 0 Å². The highest BCUT2D eigenvalue weighted by atomic mass is 35.5. The van der Waals surface area contributed by atoms with E-state index in [9.17, 15) is 0 Å². The number of nitrogens with zero attached hydrogens (tertiary/aromatic N) is 2. The lowest BCUT2D eigenvalue weighted by molar-refractivity contribution is 0.414. The average molecular weight is 315 g/mol. The molecule has 0 aliphatic rings. The number of hydrogen-bond acceptors (Lipinski definition) is 4. The minimum absolute atomic E-state index is 0.394. The molecule has 0 radical (unpaired) electrons. The third-order valence-electron chi connectivity index (χ3n) is 3.39. The first-order valence-electron chi connectivity index (χ1n) is 6.76. The van der Waals surface area contributed by atoms with E-state index < -0.39 is 6.04 Å². The van der Waals surface area contributed by atoms with Crippen LogP contribution in [0.15, 0.2) is 48.5 Å². The van der Waals surface area contributed by atoms with Gasteiger partial charge in [-0.25, -0.2) is 4.98 Å². The van der Waals surface area contributed by atoms with Gasteiger partial charge in [-0.05, 0) is 29.8 Å². The molecule has 22 heavy (non-hydrogen) atoms. The van der Waals surface area contributed by atoms with Gasteiger partial charge in [-0.3, -0.25) is 5.10 Å². The monoisotopic (exact) mass is 314 g/mol. The third-order valence-corrected chi connectivity index (χ3v) is 3.72. The zero-order valence-electron chi connectivity index (χ0n) is 12.0. The van der Waals surface area contributed by atoms with E-state index in [2.05, 4.69) is 15.2 Å². The lowest BCUT2D eigenvalue weighted by Gasteiger charge is -2.09. The van der Waals surface area contributed by atoms with Crippen molar-refractivity contribution in [2.24, 2.45) is 5.73 Å². The number of halogens is 1. The second-order valence-electron chi connectivity index (χ2n) is 4.77. The van der Waals surface area contributed by atoms with Gasteiger partial charge in [0, 0.05) is 5.56 Å². The lowest BCUT2D eigenvalue weighted by Crippen LogP contribution is -2.13. The summed E-state index contributed by atoms with van der Waals surface area (Å²) >= 11 is 6.16. The molecule has 0 saturated carbocycles. The number of aromatic nitrogens is 3. The molecule has 2 aromatic carbocycles. The summed E-state index contributed by atoms with van der Waals surface area (Å²) in [4.78, 5) is 4.45. The van der Waals surface area contributed by atoms with Crippen LogP contribution in [0.1, 0.15) is 17.4 Å². The molecule has 1 atom stereocenters. The molecule has 112 valence electrons. The van der Waals surface area contributed by atoms with Crippen molar-refractivity contribution in [2.75, 3.05) is 7.11 Å². The minimum Gasteiger partial charge on any atom is -0.497 e. The van der Waals surface area contributed by atoms with Gasteiger partial charge in [0.05, 0.1) is 18.2 Å². The number of rotatable bonds is 4. The molecule has 0 bridgehead atoms. The van der Waals surface area contributed by atoms with Crippen LogP contribution >= 0.6 is 11.6 Å². The number of methoxy groups -OCH3 is 1. The second-order valence-corrected chi connectivity index (χ2v) is 5.18. The van der Waals surface area contributed by atoms with Gasteiger partial charge in [-0.1, -0.05) is 35.9 Å². The molecule has 5 nitrogen and oxygen atoms in total. The van der Waals surface area contributed by atoms with Crippen LogP contribution in [0.5, 0.6) is 5.75 Å². The molecular formula is C16H15ClN4O. The van der Waals surface area contributed by atoms with Gasteiger partial charge in [0.15, 0.2) is 5.82 Å². The Balaban J connectivity index is 1.88. The summed E-state index contributed by atoms with van der Waals surface area (Å²) < 4.78 is 5.14. The highest BCUT2D eigenvalue weighted by Gasteiger charge is 2.16. The Morgan fingerprint density at radius 2 is 1.86 bits per heavy atom. The van der Waals surface area contributed by atoms with Gasteiger partial charge in [0.1, 0.15) is 11.6 Å². The first kappa shape index (κ1) is 14.6. The number of nitrogens with two attached hydrogens (primary N) is 1. The van der Waals surface area contributed by atoms with E-state index in [0.717, 1.165) is 16.9 Å². The number of ether oxygens (including phenoxy) is 1. The van der Waals surface area contributed by atoms with Gasteiger partial charge in [-0.2, -0.15) is 5.10 Å². The largest absolute Gasteiger partial charge is 0.497 e. The molecular weight excluding hydrogens is 300 g/mol. The molecule has 0 saturated heterocycles.